The van der Waals surface area contributed by atoms with Crippen LogP contribution in [-0.2, 0) is 6.42 Å². The normalized spacial score (nSPS) is 14.2. The summed E-state index contributed by atoms with van der Waals surface area (Å²) in [4.78, 5) is 0. The number of hydrogen-bond donors (Lipinski definition) is 1. The molecule has 3 heteroatoms. The fraction of sp³-hybridized carbons (Fsp3) is 0.500. The first kappa shape index (κ1) is 10.3. The predicted molar refractivity (Wildman–Crippen MR) is 59.4 cm³/mol. The largest absolute Gasteiger partial charge is 0.490 e. The Labute approximate surface area is 90.2 Å². The van der Waals surface area contributed by atoms with Gasteiger partial charge >= 0.3 is 0 Å². The van der Waals surface area contributed by atoms with Crippen molar-refractivity contribution in [1.29, 1.82) is 0 Å². The maximum Gasteiger partial charge on any atom is 0.164 e. The highest BCUT2D eigenvalue weighted by atomic mass is 16.5. The highest BCUT2D eigenvalue weighted by Gasteiger charge is 2.14. The molecule has 2 N–H and O–H groups in total. The minimum absolute atomic E-state index is 0.663. The third-order valence-corrected chi connectivity index (χ3v) is 2.50. The highest BCUT2D eigenvalue weighted by molar-refractivity contribution is 5.47. The predicted octanol–water partition coefficient (Wildman–Crippen LogP) is 1.74. The van der Waals surface area contributed by atoms with Gasteiger partial charge in [0.2, 0.25) is 0 Å². The fourth-order valence-electron chi connectivity index (χ4n) is 1.74. The Balaban J connectivity index is 2.09. The van der Waals surface area contributed by atoms with E-state index < -0.39 is 0 Å². The maximum atomic E-state index is 5.64. The van der Waals surface area contributed by atoms with Crippen LogP contribution in [0.25, 0.3) is 0 Å². The zero-order valence-electron chi connectivity index (χ0n) is 8.87. The first-order valence-corrected chi connectivity index (χ1v) is 5.49. The van der Waals surface area contributed by atoms with Gasteiger partial charge in [0.1, 0.15) is 0 Å². The number of benzene rings is 1. The third kappa shape index (κ3) is 2.42. The Kier molecular flexibility index (Phi) is 3.45. The second kappa shape index (κ2) is 5.03. The van der Waals surface area contributed by atoms with Crippen molar-refractivity contribution in [2.45, 2.75) is 19.3 Å². The molecule has 0 spiro atoms. The summed E-state index contributed by atoms with van der Waals surface area (Å²) >= 11 is 0. The van der Waals surface area contributed by atoms with E-state index >= 15 is 0 Å². The molecule has 0 aromatic heterocycles. The molecule has 15 heavy (non-hydrogen) atoms. The molecule has 3 nitrogen and oxygen atoms in total. The third-order valence-electron chi connectivity index (χ3n) is 2.50. The lowest BCUT2D eigenvalue weighted by molar-refractivity contribution is 0.250. The van der Waals surface area contributed by atoms with Gasteiger partial charge in [0, 0.05) is 0 Å². The molecule has 0 amide bonds. The van der Waals surface area contributed by atoms with Crippen LogP contribution >= 0.6 is 0 Å². The summed E-state index contributed by atoms with van der Waals surface area (Å²) in [5, 5.41) is 0. The monoisotopic (exact) mass is 207 g/mol. The summed E-state index contributed by atoms with van der Waals surface area (Å²) in [6, 6.07) is 6.08. The van der Waals surface area contributed by atoms with Crippen molar-refractivity contribution in [2.75, 3.05) is 19.8 Å². The molecule has 1 aliphatic heterocycles. The van der Waals surface area contributed by atoms with Crippen LogP contribution in [0.3, 0.4) is 0 Å². The van der Waals surface area contributed by atoms with E-state index in [0.29, 0.717) is 13.2 Å². The summed E-state index contributed by atoms with van der Waals surface area (Å²) in [5.41, 5.74) is 6.68. The zero-order valence-corrected chi connectivity index (χ0v) is 8.87. The number of rotatable bonds is 4. The van der Waals surface area contributed by atoms with E-state index in [0.717, 1.165) is 37.4 Å². The van der Waals surface area contributed by atoms with Crippen LogP contribution < -0.4 is 15.2 Å². The zero-order chi connectivity index (χ0) is 10.5. The molecule has 0 saturated heterocycles. The number of nitrogens with two attached hydrogens (primary N) is 1. The molecular formula is C12H17NO2. The van der Waals surface area contributed by atoms with Gasteiger partial charge in [0.05, 0.1) is 13.2 Å². The Morgan fingerprint density at radius 1 is 1.40 bits per heavy atom. The fourth-order valence-corrected chi connectivity index (χ4v) is 1.74. The molecule has 2 rings (SSSR count). The van der Waals surface area contributed by atoms with E-state index in [2.05, 4.69) is 6.07 Å². The molecule has 1 aromatic rings. The van der Waals surface area contributed by atoms with Crippen molar-refractivity contribution < 1.29 is 9.47 Å². The van der Waals surface area contributed by atoms with Crippen LogP contribution in [0.1, 0.15) is 18.4 Å². The topological polar surface area (TPSA) is 44.5 Å². The average molecular weight is 207 g/mol. The number of hydrogen-bond acceptors (Lipinski definition) is 3. The standard InChI is InChI=1S/C12H17NO2/c13-7-3-9-14-11-6-1-4-10-5-2-8-15-12(10)11/h1,4,6H,2-3,5,7-9,13H2. The average Bonchev–Trinajstić information content (AvgIpc) is 2.30. The molecule has 0 aliphatic carbocycles. The Morgan fingerprint density at radius 2 is 2.33 bits per heavy atom. The summed E-state index contributed by atoms with van der Waals surface area (Å²) in [6.07, 6.45) is 3.06. The van der Waals surface area contributed by atoms with Gasteiger partial charge in [0.15, 0.2) is 11.5 Å². The first-order valence-electron chi connectivity index (χ1n) is 5.49. The lowest BCUT2D eigenvalue weighted by atomic mass is 10.1. The van der Waals surface area contributed by atoms with Crippen LogP contribution in [0.15, 0.2) is 18.2 Å². The second-order valence-corrected chi connectivity index (χ2v) is 3.69. The molecular weight excluding hydrogens is 190 g/mol. The second-order valence-electron chi connectivity index (χ2n) is 3.69. The van der Waals surface area contributed by atoms with E-state index in [9.17, 15) is 0 Å². The van der Waals surface area contributed by atoms with Gasteiger partial charge in [-0.3, -0.25) is 0 Å². The Hall–Kier alpha value is -1.22. The number of ether oxygens (including phenoxy) is 2. The van der Waals surface area contributed by atoms with E-state index in [1.54, 1.807) is 0 Å². The van der Waals surface area contributed by atoms with Gasteiger partial charge in [-0.25, -0.2) is 0 Å². The smallest absolute Gasteiger partial charge is 0.164 e. The maximum absolute atomic E-state index is 5.64. The Morgan fingerprint density at radius 3 is 3.20 bits per heavy atom. The van der Waals surface area contributed by atoms with Crippen molar-refractivity contribution in [1.82, 2.24) is 0 Å². The molecule has 82 valence electrons. The summed E-state index contributed by atoms with van der Waals surface area (Å²) in [7, 11) is 0. The number of aryl methyl sites for hydroxylation is 1. The molecule has 1 aliphatic rings. The molecule has 0 radical (unpaired) electrons. The Bertz CT molecular complexity index is 325. The number of fused-ring (bicyclic) bond motifs is 1. The molecule has 1 heterocycles. The minimum atomic E-state index is 0.663. The summed E-state index contributed by atoms with van der Waals surface area (Å²) < 4.78 is 11.3. The summed E-state index contributed by atoms with van der Waals surface area (Å²) in [5.74, 6) is 1.79. The van der Waals surface area contributed by atoms with Crippen LogP contribution in [-0.4, -0.2) is 19.8 Å². The van der Waals surface area contributed by atoms with E-state index in [1.807, 2.05) is 12.1 Å². The quantitative estimate of drug-likeness (QED) is 0.765. The number of para-hydroxylation sites is 1. The van der Waals surface area contributed by atoms with E-state index in [-0.39, 0.29) is 0 Å². The van der Waals surface area contributed by atoms with Gasteiger partial charge in [0.25, 0.3) is 0 Å². The van der Waals surface area contributed by atoms with Crippen molar-refractivity contribution >= 4 is 0 Å². The first-order chi connectivity index (χ1) is 7.42. The van der Waals surface area contributed by atoms with E-state index in [1.165, 1.54) is 5.56 Å². The van der Waals surface area contributed by atoms with Crippen LogP contribution in [0.5, 0.6) is 11.5 Å². The van der Waals surface area contributed by atoms with Crippen molar-refractivity contribution in [3.05, 3.63) is 23.8 Å². The molecule has 1 aromatic carbocycles. The molecule has 0 bridgehead atoms. The van der Waals surface area contributed by atoms with Crippen LogP contribution in [0.4, 0.5) is 0 Å². The van der Waals surface area contributed by atoms with Crippen LogP contribution in [0, 0.1) is 0 Å². The van der Waals surface area contributed by atoms with Crippen LogP contribution in [0.2, 0.25) is 0 Å². The molecule has 0 fully saturated rings. The minimum Gasteiger partial charge on any atom is -0.490 e. The lowest BCUT2D eigenvalue weighted by Crippen LogP contribution is -2.11. The van der Waals surface area contributed by atoms with Gasteiger partial charge in [-0.1, -0.05) is 12.1 Å². The summed E-state index contributed by atoms with van der Waals surface area (Å²) in [6.45, 7) is 2.12. The molecule has 0 saturated carbocycles. The molecule has 0 atom stereocenters. The SMILES string of the molecule is NCCCOc1cccc2c1OCCC2. The van der Waals surface area contributed by atoms with Crippen molar-refractivity contribution in [2.24, 2.45) is 5.73 Å². The van der Waals surface area contributed by atoms with Crippen molar-refractivity contribution in [3.63, 3.8) is 0 Å². The highest BCUT2D eigenvalue weighted by Crippen LogP contribution is 2.34. The van der Waals surface area contributed by atoms with Gasteiger partial charge in [-0.2, -0.15) is 0 Å². The van der Waals surface area contributed by atoms with Crippen molar-refractivity contribution in [3.8, 4) is 11.5 Å². The van der Waals surface area contributed by atoms with Gasteiger partial charge in [-0.05, 0) is 37.4 Å². The molecule has 0 unspecified atom stereocenters. The van der Waals surface area contributed by atoms with Gasteiger partial charge in [-0.15, -0.1) is 0 Å². The lowest BCUT2D eigenvalue weighted by Gasteiger charge is -2.20. The van der Waals surface area contributed by atoms with Gasteiger partial charge < -0.3 is 15.2 Å². The van der Waals surface area contributed by atoms with E-state index in [4.69, 9.17) is 15.2 Å².